The van der Waals surface area contributed by atoms with Crippen molar-refractivity contribution in [3.63, 3.8) is 0 Å². The van der Waals surface area contributed by atoms with Crippen molar-refractivity contribution in [1.82, 2.24) is 4.98 Å². The van der Waals surface area contributed by atoms with Crippen LogP contribution < -0.4 is 10.0 Å². The Morgan fingerprint density at radius 3 is 2.56 bits per heavy atom. The first-order chi connectivity index (χ1) is 12.9. The number of rotatable bonds is 7. The summed E-state index contributed by atoms with van der Waals surface area (Å²) in [6, 6.07) is 8.17. The van der Waals surface area contributed by atoms with Gasteiger partial charge in [-0.25, -0.2) is 22.2 Å². The molecule has 0 fully saturated rings. The maximum atomic E-state index is 13.2. The van der Waals surface area contributed by atoms with Gasteiger partial charge in [-0.15, -0.1) is 0 Å². The van der Waals surface area contributed by atoms with E-state index in [1.165, 1.54) is 18.4 Å². The topological polar surface area (TPSA) is 104 Å². The number of halogens is 2. The van der Waals surface area contributed by atoms with E-state index in [2.05, 4.69) is 15.0 Å². The van der Waals surface area contributed by atoms with Crippen LogP contribution in [0, 0.1) is 11.6 Å². The first-order valence-electron chi connectivity index (χ1n) is 7.74. The monoisotopic (exact) mass is 395 g/mol. The summed E-state index contributed by atoms with van der Waals surface area (Å²) < 4.78 is 58.2. The zero-order chi connectivity index (χ0) is 19.4. The van der Waals surface area contributed by atoms with Gasteiger partial charge in [0.2, 0.25) is 0 Å². The Morgan fingerprint density at radius 1 is 1.15 bits per heavy atom. The predicted molar refractivity (Wildman–Crippen MR) is 93.6 cm³/mol. The van der Waals surface area contributed by atoms with Crippen LogP contribution >= 0.6 is 0 Å². The van der Waals surface area contributed by atoms with Crippen LogP contribution in [0.4, 0.5) is 20.3 Å². The molecule has 0 bridgehead atoms. The number of anilines is 2. The molecule has 3 rings (SSSR count). The summed E-state index contributed by atoms with van der Waals surface area (Å²) in [5, 5.41) is 12.3. The van der Waals surface area contributed by atoms with Crippen LogP contribution in [0.15, 0.2) is 64.2 Å². The lowest BCUT2D eigenvalue weighted by Gasteiger charge is -2.15. The van der Waals surface area contributed by atoms with Crippen molar-refractivity contribution in [1.29, 1.82) is 0 Å². The summed E-state index contributed by atoms with van der Waals surface area (Å²) >= 11 is 0. The van der Waals surface area contributed by atoms with Crippen molar-refractivity contribution < 1.29 is 26.7 Å². The Kier molecular flexibility index (Phi) is 5.38. The van der Waals surface area contributed by atoms with Gasteiger partial charge in [-0.1, -0.05) is 0 Å². The molecule has 0 aliphatic carbocycles. The molecule has 3 aromatic rings. The molecule has 0 saturated carbocycles. The van der Waals surface area contributed by atoms with Gasteiger partial charge in [-0.3, -0.25) is 4.72 Å². The first kappa shape index (κ1) is 18.8. The van der Waals surface area contributed by atoms with Gasteiger partial charge < -0.3 is 14.8 Å². The summed E-state index contributed by atoms with van der Waals surface area (Å²) in [7, 11) is -4.03. The molecule has 10 heteroatoms. The zero-order valence-electron chi connectivity index (χ0n) is 13.8. The van der Waals surface area contributed by atoms with Crippen molar-refractivity contribution in [2.45, 2.75) is 10.9 Å². The Morgan fingerprint density at radius 2 is 1.96 bits per heavy atom. The van der Waals surface area contributed by atoms with E-state index in [1.807, 2.05) is 0 Å². The number of hydrogen-bond donors (Lipinski definition) is 3. The standard InChI is InChI=1S/C17H15F2N3O4S/c18-13-5-3-11(8-14(13)19)22-27(24,25)12-4-6-17(20-9-12)21-15(10-23)16-2-1-7-26-16/h1-9,15,22-23H,10H2,(H,20,21). The molecule has 27 heavy (non-hydrogen) atoms. The molecule has 2 aromatic heterocycles. The highest BCUT2D eigenvalue weighted by Crippen LogP contribution is 2.21. The van der Waals surface area contributed by atoms with E-state index in [0.29, 0.717) is 11.6 Å². The fraction of sp³-hybridized carbons (Fsp3) is 0.118. The van der Waals surface area contributed by atoms with Crippen LogP contribution in [0.3, 0.4) is 0 Å². The van der Waals surface area contributed by atoms with Gasteiger partial charge in [0.1, 0.15) is 22.5 Å². The van der Waals surface area contributed by atoms with Crippen LogP contribution in [0.25, 0.3) is 0 Å². The Labute approximate surface area is 153 Å². The molecule has 142 valence electrons. The molecule has 2 heterocycles. The average molecular weight is 395 g/mol. The van der Waals surface area contributed by atoms with E-state index < -0.39 is 27.7 Å². The lowest BCUT2D eigenvalue weighted by atomic mass is 10.2. The smallest absolute Gasteiger partial charge is 0.263 e. The minimum Gasteiger partial charge on any atom is -0.467 e. The summed E-state index contributed by atoms with van der Waals surface area (Å²) in [6.45, 7) is -0.257. The van der Waals surface area contributed by atoms with Gasteiger partial charge in [0.05, 0.1) is 18.6 Å². The van der Waals surface area contributed by atoms with Crippen molar-refractivity contribution in [2.24, 2.45) is 0 Å². The molecule has 0 radical (unpaired) electrons. The van der Waals surface area contributed by atoms with Crippen LogP contribution in [0.1, 0.15) is 11.8 Å². The minimum atomic E-state index is -4.03. The summed E-state index contributed by atoms with van der Waals surface area (Å²) in [5.41, 5.74) is -0.116. The van der Waals surface area contributed by atoms with Gasteiger partial charge in [-0.2, -0.15) is 0 Å². The molecule has 1 atom stereocenters. The molecular weight excluding hydrogens is 380 g/mol. The second-order valence-corrected chi connectivity index (χ2v) is 7.19. The maximum Gasteiger partial charge on any atom is 0.263 e. The van der Waals surface area contributed by atoms with Gasteiger partial charge in [0.15, 0.2) is 11.6 Å². The van der Waals surface area contributed by atoms with E-state index in [0.717, 1.165) is 24.4 Å². The van der Waals surface area contributed by atoms with Crippen molar-refractivity contribution in [2.75, 3.05) is 16.6 Å². The molecule has 0 spiro atoms. The molecule has 7 nitrogen and oxygen atoms in total. The van der Waals surface area contributed by atoms with E-state index in [9.17, 15) is 22.3 Å². The van der Waals surface area contributed by atoms with E-state index in [-0.39, 0.29) is 17.2 Å². The number of nitrogens with one attached hydrogen (secondary N) is 2. The Bertz CT molecular complexity index is 1010. The number of aromatic nitrogens is 1. The predicted octanol–water partition coefficient (Wildman–Crippen LogP) is 2.90. The van der Waals surface area contributed by atoms with Gasteiger partial charge in [-0.05, 0) is 36.4 Å². The van der Waals surface area contributed by atoms with Crippen molar-refractivity contribution >= 4 is 21.5 Å². The summed E-state index contributed by atoms with van der Waals surface area (Å²) in [5.74, 6) is -1.43. The summed E-state index contributed by atoms with van der Waals surface area (Å²) in [4.78, 5) is 3.83. The van der Waals surface area contributed by atoms with E-state index >= 15 is 0 Å². The third-order valence-electron chi connectivity index (χ3n) is 3.61. The third kappa shape index (κ3) is 4.41. The normalized spacial score (nSPS) is 12.6. The molecule has 0 saturated heterocycles. The second kappa shape index (κ2) is 7.72. The SMILES string of the molecule is O=S(=O)(Nc1ccc(F)c(F)c1)c1ccc(NC(CO)c2ccco2)nc1. The number of aliphatic hydroxyl groups excluding tert-OH is 1. The van der Waals surface area contributed by atoms with E-state index in [1.54, 1.807) is 12.1 Å². The van der Waals surface area contributed by atoms with Crippen molar-refractivity contribution in [3.8, 4) is 0 Å². The number of furan rings is 1. The number of aliphatic hydroxyl groups is 1. The average Bonchev–Trinajstić information content (AvgIpc) is 3.17. The molecule has 3 N–H and O–H groups in total. The highest BCUT2D eigenvalue weighted by molar-refractivity contribution is 7.92. The number of nitrogens with zero attached hydrogens (tertiary/aromatic N) is 1. The number of sulfonamides is 1. The number of benzene rings is 1. The van der Waals surface area contributed by atoms with Gasteiger partial charge >= 0.3 is 0 Å². The van der Waals surface area contributed by atoms with Gasteiger partial charge in [0.25, 0.3) is 10.0 Å². The van der Waals surface area contributed by atoms with Crippen LogP contribution in [0.2, 0.25) is 0 Å². The van der Waals surface area contributed by atoms with E-state index in [4.69, 9.17) is 4.42 Å². The van der Waals surface area contributed by atoms with Gasteiger partial charge in [0, 0.05) is 12.3 Å². The second-order valence-electron chi connectivity index (χ2n) is 5.51. The highest BCUT2D eigenvalue weighted by Gasteiger charge is 2.17. The number of hydrogen-bond acceptors (Lipinski definition) is 6. The van der Waals surface area contributed by atoms with Crippen LogP contribution in [0.5, 0.6) is 0 Å². The molecule has 1 aromatic carbocycles. The highest BCUT2D eigenvalue weighted by atomic mass is 32.2. The Balaban J connectivity index is 1.74. The first-order valence-corrected chi connectivity index (χ1v) is 9.22. The molecule has 0 aliphatic heterocycles. The molecule has 0 aliphatic rings. The quantitative estimate of drug-likeness (QED) is 0.568. The van der Waals surface area contributed by atoms with Crippen molar-refractivity contribution in [3.05, 3.63) is 72.3 Å². The summed E-state index contributed by atoms with van der Waals surface area (Å²) in [6.07, 6.45) is 2.56. The largest absolute Gasteiger partial charge is 0.467 e. The lowest BCUT2D eigenvalue weighted by molar-refractivity contribution is 0.261. The van der Waals surface area contributed by atoms with Crippen LogP contribution in [-0.4, -0.2) is 25.1 Å². The third-order valence-corrected chi connectivity index (χ3v) is 4.98. The molecule has 0 amide bonds. The zero-order valence-corrected chi connectivity index (χ0v) is 14.6. The Hall–Kier alpha value is -2.98. The lowest BCUT2D eigenvalue weighted by Crippen LogP contribution is -2.16. The fourth-order valence-corrected chi connectivity index (χ4v) is 3.27. The molecule has 1 unspecified atom stereocenters. The fourth-order valence-electron chi connectivity index (χ4n) is 2.27. The van der Waals surface area contributed by atoms with Crippen LogP contribution in [-0.2, 0) is 10.0 Å². The number of pyridine rings is 1. The minimum absolute atomic E-state index is 0.116. The molecular formula is C17H15F2N3O4S. The maximum absolute atomic E-state index is 13.2.